The lowest BCUT2D eigenvalue weighted by Crippen LogP contribution is -2.29. The molecule has 4 rings (SSSR count). The van der Waals surface area contributed by atoms with Gasteiger partial charge in [0.1, 0.15) is 0 Å². The maximum absolute atomic E-state index is 12.5. The lowest BCUT2D eigenvalue weighted by atomic mass is 10.1. The number of rotatable bonds is 8. The number of nitrogens with one attached hydrogen (secondary N) is 2. The highest BCUT2D eigenvalue weighted by atomic mass is 35.5. The number of benzene rings is 3. The zero-order valence-corrected chi connectivity index (χ0v) is 21.1. The molecule has 3 aromatic carbocycles. The lowest BCUT2D eigenvalue weighted by molar-refractivity contribution is -0.384. The van der Waals surface area contributed by atoms with Gasteiger partial charge in [0.15, 0.2) is 11.0 Å². The quantitative estimate of drug-likeness (QED) is 0.165. The molecule has 0 fully saturated rings. The maximum Gasteiger partial charge on any atom is 0.319 e. The Labute approximate surface area is 217 Å². The largest absolute Gasteiger partial charge is 0.331 e. The topological polar surface area (TPSA) is 115 Å². The molecular weight excluding hydrogens is 500 g/mol. The predicted molar refractivity (Wildman–Crippen MR) is 141 cm³/mol. The fourth-order valence-corrected chi connectivity index (χ4v) is 4.70. The number of carbonyl (C=O) groups excluding carboxylic acids is 1. The Hall–Kier alpha value is -3.89. The number of urea groups is 1. The molecule has 0 saturated heterocycles. The number of nitro benzene ring substituents is 1. The van der Waals surface area contributed by atoms with Crippen molar-refractivity contribution in [2.75, 3.05) is 5.32 Å². The Bertz CT molecular complexity index is 1410. The van der Waals surface area contributed by atoms with Crippen molar-refractivity contribution in [3.63, 3.8) is 0 Å². The average Bonchev–Trinajstić information content (AvgIpc) is 3.26. The molecule has 0 radical (unpaired) electrons. The smallest absolute Gasteiger partial charge is 0.319 e. The normalized spacial score (nSPS) is 10.8. The number of hydrogen-bond acceptors (Lipinski definition) is 6. The number of nitro groups is 1. The highest BCUT2D eigenvalue weighted by Crippen LogP contribution is 2.29. The molecule has 0 atom stereocenters. The molecule has 9 nitrogen and oxygen atoms in total. The predicted octanol–water partition coefficient (Wildman–Crippen LogP) is 6.06. The summed E-state index contributed by atoms with van der Waals surface area (Å²) in [6.07, 6.45) is 0. The number of aryl methyl sites for hydroxylation is 2. The minimum atomic E-state index is -0.497. The van der Waals surface area contributed by atoms with E-state index in [0.717, 1.165) is 11.3 Å². The van der Waals surface area contributed by atoms with Crippen molar-refractivity contribution in [2.45, 2.75) is 31.3 Å². The van der Waals surface area contributed by atoms with Gasteiger partial charge in [0, 0.05) is 28.6 Å². The van der Waals surface area contributed by atoms with Gasteiger partial charge >= 0.3 is 6.03 Å². The van der Waals surface area contributed by atoms with Crippen LogP contribution in [0.5, 0.6) is 0 Å². The summed E-state index contributed by atoms with van der Waals surface area (Å²) in [6, 6.07) is 18.9. The number of nitrogens with zero attached hydrogens (tertiary/aromatic N) is 4. The second-order valence-corrected chi connectivity index (χ2v) is 9.37. The highest BCUT2D eigenvalue weighted by molar-refractivity contribution is 7.98. The van der Waals surface area contributed by atoms with E-state index in [1.54, 1.807) is 11.8 Å². The zero-order chi connectivity index (χ0) is 25.7. The molecule has 184 valence electrons. The molecule has 2 N–H and O–H groups in total. The summed E-state index contributed by atoms with van der Waals surface area (Å²) >= 11 is 7.85. The summed E-state index contributed by atoms with van der Waals surface area (Å²) in [7, 11) is 0. The third-order valence-electron chi connectivity index (χ3n) is 5.47. The Morgan fingerprint density at radius 1 is 1.06 bits per heavy atom. The summed E-state index contributed by atoms with van der Waals surface area (Å²) in [5, 5.41) is 26.2. The second kappa shape index (κ2) is 11.2. The Morgan fingerprint density at radius 3 is 2.53 bits per heavy atom. The van der Waals surface area contributed by atoms with E-state index in [4.69, 9.17) is 11.6 Å². The lowest BCUT2D eigenvalue weighted by Gasteiger charge is -2.14. The molecule has 0 aliphatic rings. The van der Waals surface area contributed by atoms with Gasteiger partial charge in [-0.3, -0.25) is 14.7 Å². The molecule has 1 aromatic heterocycles. The summed E-state index contributed by atoms with van der Waals surface area (Å²) in [4.78, 5) is 22.8. The van der Waals surface area contributed by atoms with Crippen LogP contribution in [-0.2, 0) is 12.3 Å². The zero-order valence-electron chi connectivity index (χ0n) is 19.6. The van der Waals surface area contributed by atoms with Crippen LogP contribution in [0.3, 0.4) is 0 Å². The Morgan fingerprint density at radius 2 is 1.81 bits per heavy atom. The van der Waals surface area contributed by atoms with Crippen molar-refractivity contribution in [2.24, 2.45) is 0 Å². The number of non-ortho nitro benzene ring substituents is 1. The molecule has 0 unspecified atom stereocenters. The van der Waals surface area contributed by atoms with Crippen molar-refractivity contribution in [3.8, 4) is 5.69 Å². The minimum absolute atomic E-state index is 0.0540. The summed E-state index contributed by atoms with van der Waals surface area (Å²) in [5.41, 5.74) is 4.57. The Balaban J connectivity index is 1.53. The first-order valence-electron chi connectivity index (χ1n) is 11.0. The van der Waals surface area contributed by atoms with Gasteiger partial charge in [0.05, 0.1) is 17.2 Å². The molecular formula is C25H23ClN6O3S. The molecule has 0 aliphatic carbocycles. The maximum atomic E-state index is 12.5. The Kier molecular flexibility index (Phi) is 7.87. The van der Waals surface area contributed by atoms with Crippen molar-refractivity contribution in [1.29, 1.82) is 0 Å². The SMILES string of the molecule is Cc1ccccc1CSc1nnc(CNC(=O)Nc2ccc([N+](=O)[O-])cc2)n1-c1cc(Cl)ccc1C. The number of aromatic nitrogens is 3. The molecule has 4 aromatic rings. The van der Waals surface area contributed by atoms with Gasteiger partial charge in [-0.15, -0.1) is 10.2 Å². The molecule has 36 heavy (non-hydrogen) atoms. The van der Waals surface area contributed by atoms with E-state index < -0.39 is 11.0 Å². The minimum Gasteiger partial charge on any atom is -0.331 e. The van der Waals surface area contributed by atoms with Crippen molar-refractivity contribution < 1.29 is 9.72 Å². The van der Waals surface area contributed by atoms with Gasteiger partial charge in [-0.05, 0) is 54.8 Å². The molecule has 1 heterocycles. The molecule has 11 heteroatoms. The summed E-state index contributed by atoms with van der Waals surface area (Å²) in [6.45, 7) is 4.14. The van der Waals surface area contributed by atoms with Gasteiger partial charge in [-0.25, -0.2) is 4.79 Å². The van der Waals surface area contributed by atoms with Crippen LogP contribution in [0.25, 0.3) is 5.69 Å². The number of halogens is 1. The van der Waals surface area contributed by atoms with Crippen LogP contribution in [0.15, 0.2) is 71.9 Å². The van der Waals surface area contributed by atoms with E-state index in [9.17, 15) is 14.9 Å². The molecule has 0 bridgehead atoms. The van der Waals surface area contributed by atoms with Crippen LogP contribution in [0.1, 0.15) is 22.5 Å². The average molecular weight is 523 g/mol. The van der Waals surface area contributed by atoms with E-state index in [0.29, 0.717) is 27.4 Å². The van der Waals surface area contributed by atoms with Gasteiger partial charge < -0.3 is 10.6 Å². The van der Waals surface area contributed by atoms with E-state index >= 15 is 0 Å². The fourth-order valence-electron chi connectivity index (χ4n) is 3.49. The van der Waals surface area contributed by atoms with Crippen molar-refractivity contribution in [1.82, 2.24) is 20.1 Å². The van der Waals surface area contributed by atoms with Crippen LogP contribution in [-0.4, -0.2) is 25.7 Å². The van der Waals surface area contributed by atoms with Crippen LogP contribution in [0.4, 0.5) is 16.2 Å². The molecule has 0 spiro atoms. The van der Waals surface area contributed by atoms with Gasteiger partial charge in [0.25, 0.3) is 5.69 Å². The molecule has 0 aliphatic heterocycles. The number of anilines is 1. The van der Waals surface area contributed by atoms with Crippen LogP contribution >= 0.6 is 23.4 Å². The van der Waals surface area contributed by atoms with Gasteiger partial charge in [0.2, 0.25) is 0 Å². The van der Waals surface area contributed by atoms with Gasteiger partial charge in [-0.2, -0.15) is 0 Å². The number of hydrogen-bond donors (Lipinski definition) is 2. The van der Waals surface area contributed by atoms with Crippen molar-refractivity contribution >= 4 is 40.8 Å². The van der Waals surface area contributed by atoms with Gasteiger partial charge in [-0.1, -0.05) is 53.7 Å². The van der Waals surface area contributed by atoms with Crippen LogP contribution < -0.4 is 10.6 Å². The number of carbonyl (C=O) groups is 1. The third-order valence-corrected chi connectivity index (χ3v) is 6.69. The fraction of sp³-hybridized carbons (Fsp3) is 0.160. The standard InChI is InChI=1S/C25H23ClN6O3S/c1-16-5-3-4-6-18(16)15-36-25-30-29-23(31(25)22-13-19(26)8-7-17(22)2)14-27-24(33)28-20-9-11-21(12-10-20)32(34)35/h3-13H,14-15H2,1-2H3,(H2,27,28,33). The first-order chi connectivity index (χ1) is 17.3. The van der Waals surface area contributed by atoms with E-state index in [2.05, 4.69) is 39.9 Å². The third kappa shape index (κ3) is 6.02. The van der Waals surface area contributed by atoms with E-state index in [-0.39, 0.29) is 12.2 Å². The van der Waals surface area contributed by atoms with E-state index in [1.165, 1.54) is 35.4 Å². The van der Waals surface area contributed by atoms with Crippen LogP contribution in [0, 0.1) is 24.0 Å². The second-order valence-electron chi connectivity index (χ2n) is 7.99. The molecule has 2 amide bonds. The number of thioether (sulfide) groups is 1. The first kappa shape index (κ1) is 25.2. The van der Waals surface area contributed by atoms with Crippen molar-refractivity contribution in [3.05, 3.63) is 104 Å². The first-order valence-corrected chi connectivity index (χ1v) is 12.4. The highest BCUT2D eigenvalue weighted by Gasteiger charge is 2.18. The molecule has 0 saturated carbocycles. The summed E-state index contributed by atoms with van der Waals surface area (Å²) in [5.74, 6) is 1.24. The van der Waals surface area contributed by atoms with Crippen LogP contribution in [0.2, 0.25) is 5.02 Å². The summed E-state index contributed by atoms with van der Waals surface area (Å²) < 4.78 is 1.90. The van der Waals surface area contributed by atoms with E-state index in [1.807, 2.05) is 41.8 Å². The monoisotopic (exact) mass is 522 g/mol. The number of amides is 2.